The van der Waals surface area contributed by atoms with E-state index in [2.05, 4.69) is 25.2 Å². The van der Waals surface area contributed by atoms with Crippen LogP contribution in [0.3, 0.4) is 0 Å². The number of alkyl halides is 3. The molecule has 0 atom stereocenters. The lowest BCUT2D eigenvalue weighted by molar-refractivity contribution is -0.141. The number of hydrogen-bond donors (Lipinski definition) is 1. The van der Waals surface area contributed by atoms with Gasteiger partial charge in [0.1, 0.15) is 23.7 Å². The Balaban J connectivity index is 1.59. The van der Waals surface area contributed by atoms with Crippen molar-refractivity contribution in [1.82, 2.24) is 15.0 Å². The van der Waals surface area contributed by atoms with Gasteiger partial charge in [0.25, 0.3) is 0 Å². The smallest absolute Gasteiger partial charge is 0.367 e. The van der Waals surface area contributed by atoms with Crippen molar-refractivity contribution in [3.05, 3.63) is 42.0 Å². The highest BCUT2D eigenvalue weighted by Gasteiger charge is 2.32. The average molecular weight is 351 g/mol. The second kappa shape index (κ2) is 7.25. The van der Waals surface area contributed by atoms with Gasteiger partial charge in [-0.1, -0.05) is 13.0 Å². The molecule has 0 unspecified atom stereocenters. The molecule has 2 aromatic rings. The highest BCUT2D eigenvalue weighted by atomic mass is 19.4. The molecular formula is C17H20F3N5. The van der Waals surface area contributed by atoms with Gasteiger partial charge in [-0.25, -0.2) is 15.0 Å². The first-order chi connectivity index (χ1) is 12.0. The minimum atomic E-state index is -4.43. The van der Waals surface area contributed by atoms with Gasteiger partial charge in [0.15, 0.2) is 0 Å². The SMILES string of the molecule is CCc1cc(N2CCC(Nc3cccc(C(F)(F)F)n3)CC2)ncn1. The molecule has 1 saturated heterocycles. The second-order valence-electron chi connectivity index (χ2n) is 6.03. The summed E-state index contributed by atoms with van der Waals surface area (Å²) in [6, 6.07) is 6.01. The Hall–Kier alpha value is -2.38. The van der Waals surface area contributed by atoms with Crippen LogP contribution in [0, 0.1) is 0 Å². The van der Waals surface area contributed by atoms with Gasteiger partial charge in [-0.3, -0.25) is 0 Å². The van der Waals surface area contributed by atoms with Gasteiger partial charge >= 0.3 is 6.18 Å². The van der Waals surface area contributed by atoms with Gasteiger partial charge in [0, 0.05) is 30.9 Å². The summed E-state index contributed by atoms with van der Waals surface area (Å²) in [4.78, 5) is 14.4. The third kappa shape index (κ3) is 4.37. The van der Waals surface area contributed by atoms with Crippen LogP contribution in [0.5, 0.6) is 0 Å². The topological polar surface area (TPSA) is 53.9 Å². The Morgan fingerprint density at radius 3 is 2.64 bits per heavy atom. The van der Waals surface area contributed by atoms with Gasteiger partial charge in [-0.2, -0.15) is 13.2 Å². The quantitative estimate of drug-likeness (QED) is 0.913. The first-order valence-electron chi connectivity index (χ1n) is 8.32. The summed E-state index contributed by atoms with van der Waals surface area (Å²) < 4.78 is 38.2. The number of nitrogens with one attached hydrogen (secondary N) is 1. The van der Waals surface area contributed by atoms with Crippen LogP contribution in [0.15, 0.2) is 30.6 Å². The molecule has 8 heteroatoms. The monoisotopic (exact) mass is 351 g/mol. The number of piperidine rings is 1. The van der Waals surface area contributed by atoms with E-state index >= 15 is 0 Å². The van der Waals surface area contributed by atoms with Crippen LogP contribution in [-0.4, -0.2) is 34.1 Å². The maximum Gasteiger partial charge on any atom is 0.433 e. The molecule has 1 fully saturated rings. The zero-order chi connectivity index (χ0) is 17.9. The van der Waals surface area contributed by atoms with Crippen LogP contribution in [0.2, 0.25) is 0 Å². The van der Waals surface area contributed by atoms with Gasteiger partial charge in [0.05, 0.1) is 0 Å². The van der Waals surface area contributed by atoms with E-state index in [4.69, 9.17) is 0 Å². The summed E-state index contributed by atoms with van der Waals surface area (Å²) in [6.45, 7) is 3.62. The van der Waals surface area contributed by atoms with Crippen LogP contribution in [-0.2, 0) is 12.6 Å². The normalized spacial score (nSPS) is 16.1. The highest BCUT2D eigenvalue weighted by molar-refractivity contribution is 5.41. The average Bonchev–Trinajstić information content (AvgIpc) is 2.62. The first kappa shape index (κ1) is 17.4. The van der Waals surface area contributed by atoms with E-state index in [-0.39, 0.29) is 11.9 Å². The van der Waals surface area contributed by atoms with Crippen LogP contribution in [0.25, 0.3) is 0 Å². The van der Waals surface area contributed by atoms with Crippen LogP contribution in [0.1, 0.15) is 31.2 Å². The van der Waals surface area contributed by atoms with Crippen molar-refractivity contribution >= 4 is 11.6 Å². The lowest BCUT2D eigenvalue weighted by Gasteiger charge is -2.33. The summed E-state index contributed by atoms with van der Waals surface area (Å²) in [5.74, 6) is 1.17. The van der Waals surface area contributed by atoms with Crippen molar-refractivity contribution < 1.29 is 13.2 Å². The van der Waals surface area contributed by atoms with Crippen molar-refractivity contribution in [1.29, 1.82) is 0 Å². The largest absolute Gasteiger partial charge is 0.433 e. The van der Waals surface area contributed by atoms with Crippen molar-refractivity contribution in [2.24, 2.45) is 0 Å². The Bertz CT molecular complexity index is 711. The molecule has 3 heterocycles. The number of halogens is 3. The molecule has 0 spiro atoms. The number of hydrogen-bond acceptors (Lipinski definition) is 5. The number of aryl methyl sites for hydroxylation is 1. The zero-order valence-corrected chi connectivity index (χ0v) is 13.9. The number of nitrogens with zero attached hydrogens (tertiary/aromatic N) is 4. The minimum Gasteiger partial charge on any atom is -0.367 e. The molecule has 2 aromatic heterocycles. The molecule has 0 radical (unpaired) electrons. The zero-order valence-electron chi connectivity index (χ0n) is 13.9. The van der Waals surface area contributed by atoms with Crippen LogP contribution >= 0.6 is 0 Å². The maximum atomic E-state index is 12.7. The van der Waals surface area contributed by atoms with E-state index in [1.807, 2.05) is 13.0 Å². The van der Waals surface area contributed by atoms with E-state index in [0.717, 1.165) is 49.9 Å². The highest BCUT2D eigenvalue weighted by Crippen LogP contribution is 2.28. The molecule has 3 rings (SSSR count). The summed E-state index contributed by atoms with van der Waals surface area (Å²) in [5.41, 5.74) is 0.126. The fraction of sp³-hybridized carbons (Fsp3) is 0.471. The van der Waals surface area contributed by atoms with E-state index < -0.39 is 11.9 Å². The molecule has 134 valence electrons. The van der Waals surface area contributed by atoms with Crippen molar-refractivity contribution in [3.63, 3.8) is 0 Å². The van der Waals surface area contributed by atoms with E-state index in [1.165, 1.54) is 6.07 Å². The first-order valence-corrected chi connectivity index (χ1v) is 8.32. The maximum absolute atomic E-state index is 12.7. The summed E-state index contributed by atoms with van der Waals surface area (Å²) in [6.07, 6.45) is -0.377. The molecule has 25 heavy (non-hydrogen) atoms. The second-order valence-corrected chi connectivity index (χ2v) is 6.03. The minimum absolute atomic E-state index is 0.0970. The molecule has 1 N–H and O–H groups in total. The molecule has 0 saturated carbocycles. The molecule has 1 aliphatic rings. The standard InChI is InChI=1S/C17H20F3N5/c1-2-12-10-16(22-11-21-12)25-8-6-13(7-9-25)23-15-5-3-4-14(24-15)17(18,19)20/h3-5,10-11,13H,2,6-9H2,1H3,(H,23,24). The Labute approximate surface area is 144 Å². The van der Waals surface area contributed by atoms with Gasteiger partial charge in [0.2, 0.25) is 0 Å². The number of rotatable bonds is 4. The fourth-order valence-corrected chi connectivity index (χ4v) is 2.89. The van der Waals surface area contributed by atoms with Crippen LogP contribution in [0.4, 0.5) is 24.8 Å². The predicted octanol–water partition coefficient (Wildman–Crippen LogP) is 3.53. The van der Waals surface area contributed by atoms with Crippen molar-refractivity contribution in [2.75, 3.05) is 23.3 Å². The molecule has 0 amide bonds. The molecule has 1 aliphatic heterocycles. The van der Waals surface area contributed by atoms with Gasteiger partial charge < -0.3 is 10.2 Å². The Morgan fingerprint density at radius 1 is 1.20 bits per heavy atom. The van der Waals surface area contributed by atoms with Crippen LogP contribution < -0.4 is 10.2 Å². The lowest BCUT2D eigenvalue weighted by Crippen LogP contribution is -2.39. The van der Waals surface area contributed by atoms with Gasteiger partial charge in [-0.15, -0.1) is 0 Å². The fourth-order valence-electron chi connectivity index (χ4n) is 2.89. The summed E-state index contributed by atoms with van der Waals surface area (Å²) >= 11 is 0. The number of aromatic nitrogens is 3. The van der Waals surface area contributed by atoms with Crippen molar-refractivity contribution in [2.45, 2.75) is 38.4 Å². The number of anilines is 2. The lowest BCUT2D eigenvalue weighted by atomic mass is 10.0. The van der Waals surface area contributed by atoms with E-state index in [9.17, 15) is 13.2 Å². The molecule has 0 bridgehead atoms. The third-order valence-electron chi connectivity index (χ3n) is 4.28. The van der Waals surface area contributed by atoms with E-state index in [0.29, 0.717) is 0 Å². The molecular weight excluding hydrogens is 331 g/mol. The van der Waals surface area contributed by atoms with E-state index in [1.54, 1.807) is 12.4 Å². The predicted molar refractivity (Wildman–Crippen MR) is 89.5 cm³/mol. The third-order valence-corrected chi connectivity index (χ3v) is 4.28. The molecule has 5 nitrogen and oxygen atoms in total. The number of pyridine rings is 1. The van der Waals surface area contributed by atoms with Gasteiger partial charge in [-0.05, 0) is 31.4 Å². The summed E-state index contributed by atoms with van der Waals surface area (Å²) in [7, 11) is 0. The Morgan fingerprint density at radius 2 is 1.96 bits per heavy atom. The molecule has 0 aromatic carbocycles. The molecule has 0 aliphatic carbocycles. The summed E-state index contributed by atoms with van der Waals surface area (Å²) in [5, 5.41) is 3.12. The Kier molecular flexibility index (Phi) is 5.06. The van der Waals surface area contributed by atoms with Crippen molar-refractivity contribution in [3.8, 4) is 0 Å².